The van der Waals surface area contributed by atoms with Crippen LogP contribution in [0.15, 0.2) is 0 Å². The summed E-state index contributed by atoms with van der Waals surface area (Å²) in [6.45, 7) is 20.0. The van der Waals surface area contributed by atoms with E-state index in [0.717, 1.165) is 24.7 Å². The fraction of sp³-hybridized carbons (Fsp3) is 1.00. The predicted molar refractivity (Wildman–Crippen MR) is 101 cm³/mol. The van der Waals surface area contributed by atoms with Crippen molar-refractivity contribution in [2.75, 3.05) is 0 Å². The number of ether oxygens (including phenoxy) is 2. The zero-order valence-electron chi connectivity index (χ0n) is 17.5. The van der Waals surface area contributed by atoms with Crippen LogP contribution in [0.25, 0.3) is 0 Å². The Morgan fingerprint density at radius 2 is 1.00 bits per heavy atom. The van der Waals surface area contributed by atoms with Gasteiger partial charge in [0, 0.05) is 5.92 Å². The number of aliphatic hydroxyl groups excluding tert-OH is 1. The summed E-state index contributed by atoms with van der Waals surface area (Å²) in [5.41, 5.74) is 0. The first kappa shape index (κ1) is 21.9. The standard InChI is InChI=1S/C11H22O.C10H20O2/c1-6-11-9(4)7(2)8(3)10(5)12-11;1-5-9-7(3)6(2)8(4)10(11)12-9/h7-11H,6H2,1-5H3;6-11H,5H2,1-4H3/t7-,8?,9+,10-,11?;6-,7-,8?,9?,10?/m10/s1. The van der Waals surface area contributed by atoms with Gasteiger partial charge in [-0.05, 0) is 49.4 Å². The summed E-state index contributed by atoms with van der Waals surface area (Å²) in [6, 6.07) is 0. The molecule has 0 aromatic rings. The maximum absolute atomic E-state index is 9.55. The number of hydrogen-bond acceptors (Lipinski definition) is 3. The Kier molecular flexibility index (Phi) is 8.72. The lowest BCUT2D eigenvalue weighted by atomic mass is 9.76. The molecule has 24 heavy (non-hydrogen) atoms. The van der Waals surface area contributed by atoms with E-state index in [1.54, 1.807) is 0 Å². The van der Waals surface area contributed by atoms with Crippen LogP contribution in [0.1, 0.15) is 75.2 Å². The van der Waals surface area contributed by atoms with Gasteiger partial charge < -0.3 is 14.6 Å². The van der Waals surface area contributed by atoms with Crippen LogP contribution in [0.4, 0.5) is 0 Å². The van der Waals surface area contributed by atoms with Crippen LogP contribution >= 0.6 is 0 Å². The fourth-order valence-corrected chi connectivity index (χ4v) is 4.21. The summed E-state index contributed by atoms with van der Waals surface area (Å²) in [5, 5.41) is 9.55. The third-order valence-electron chi connectivity index (χ3n) is 7.19. The molecule has 144 valence electrons. The minimum absolute atomic E-state index is 0.242. The molecule has 0 aromatic carbocycles. The molecule has 2 saturated heterocycles. The number of rotatable bonds is 2. The molecule has 2 aliphatic rings. The first-order chi connectivity index (χ1) is 11.1. The van der Waals surface area contributed by atoms with Gasteiger partial charge in [0.25, 0.3) is 0 Å². The second kappa shape index (κ2) is 9.54. The van der Waals surface area contributed by atoms with E-state index in [0.29, 0.717) is 30.0 Å². The van der Waals surface area contributed by atoms with Crippen molar-refractivity contribution < 1.29 is 14.6 Å². The number of aliphatic hydroxyl groups is 1. The van der Waals surface area contributed by atoms with Gasteiger partial charge in [0.05, 0.1) is 18.3 Å². The van der Waals surface area contributed by atoms with Crippen molar-refractivity contribution in [2.24, 2.45) is 35.5 Å². The lowest BCUT2D eigenvalue weighted by Crippen LogP contribution is -2.44. The second-order valence-corrected chi connectivity index (χ2v) is 8.42. The highest BCUT2D eigenvalue weighted by Crippen LogP contribution is 2.36. The molecule has 0 spiro atoms. The van der Waals surface area contributed by atoms with Crippen molar-refractivity contribution in [1.82, 2.24) is 0 Å². The molecule has 2 rings (SSSR count). The Labute approximate surface area is 150 Å². The summed E-state index contributed by atoms with van der Waals surface area (Å²) >= 11 is 0. The first-order valence-corrected chi connectivity index (χ1v) is 10.1. The molecule has 3 heteroatoms. The normalized spacial score (nSPS) is 49.2. The van der Waals surface area contributed by atoms with Gasteiger partial charge in [-0.2, -0.15) is 0 Å². The quantitative estimate of drug-likeness (QED) is 0.757. The van der Waals surface area contributed by atoms with E-state index in [9.17, 15) is 5.11 Å². The smallest absolute Gasteiger partial charge is 0.157 e. The third-order valence-corrected chi connectivity index (χ3v) is 7.19. The summed E-state index contributed by atoms with van der Waals surface area (Å²) in [5.74, 6) is 3.62. The van der Waals surface area contributed by atoms with Crippen LogP contribution in [0.2, 0.25) is 0 Å². The molecule has 0 bridgehead atoms. The van der Waals surface area contributed by atoms with Crippen molar-refractivity contribution in [2.45, 2.75) is 99.8 Å². The molecule has 10 atom stereocenters. The Balaban J connectivity index is 0.000000240. The van der Waals surface area contributed by atoms with E-state index >= 15 is 0 Å². The van der Waals surface area contributed by atoms with E-state index in [2.05, 4.69) is 62.3 Å². The molecule has 0 amide bonds. The van der Waals surface area contributed by atoms with Crippen LogP contribution < -0.4 is 0 Å². The SMILES string of the molecule is CCC1OC(O)C(C)[C@@H](C)[C@@H]1C.CCC1O[C@H](C)C(C)[C@@H](C)[C@@H]1C. The molecule has 1 N–H and O–H groups in total. The van der Waals surface area contributed by atoms with Gasteiger partial charge in [0.15, 0.2) is 6.29 Å². The van der Waals surface area contributed by atoms with Gasteiger partial charge in [-0.15, -0.1) is 0 Å². The highest BCUT2D eigenvalue weighted by Gasteiger charge is 2.37. The average Bonchev–Trinajstić information content (AvgIpc) is 2.58. The van der Waals surface area contributed by atoms with Crippen LogP contribution in [0.3, 0.4) is 0 Å². The molecule has 2 heterocycles. The fourth-order valence-electron chi connectivity index (χ4n) is 4.21. The van der Waals surface area contributed by atoms with E-state index in [1.165, 1.54) is 0 Å². The topological polar surface area (TPSA) is 38.7 Å². The van der Waals surface area contributed by atoms with E-state index < -0.39 is 6.29 Å². The zero-order valence-corrected chi connectivity index (χ0v) is 17.5. The molecular formula is C21H42O3. The summed E-state index contributed by atoms with van der Waals surface area (Å²) < 4.78 is 11.4. The van der Waals surface area contributed by atoms with Gasteiger partial charge in [-0.3, -0.25) is 0 Å². The molecule has 0 radical (unpaired) electrons. The highest BCUT2D eigenvalue weighted by molar-refractivity contribution is 4.83. The van der Waals surface area contributed by atoms with Gasteiger partial charge in [-0.1, -0.05) is 55.4 Å². The van der Waals surface area contributed by atoms with Crippen LogP contribution in [0.5, 0.6) is 0 Å². The monoisotopic (exact) mass is 342 g/mol. The van der Waals surface area contributed by atoms with Crippen molar-refractivity contribution in [1.29, 1.82) is 0 Å². The molecule has 2 aliphatic heterocycles. The maximum Gasteiger partial charge on any atom is 0.157 e. The van der Waals surface area contributed by atoms with Gasteiger partial charge in [0.1, 0.15) is 0 Å². The number of hydrogen-bond donors (Lipinski definition) is 1. The minimum atomic E-state index is -0.554. The molecule has 0 saturated carbocycles. The summed E-state index contributed by atoms with van der Waals surface area (Å²) in [7, 11) is 0. The van der Waals surface area contributed by atoms with Crippen LogP contribution in [-0.2, 0) is 9.47 Å². The molecular weight excluding hydrogens is 300 g/mol. The molecule has 0 aliphatic carbocycles. The van der Waals surface area contributed by atoms with E-state index in [4.69, 9.17) is 9.47 Å². The predicted octanol–water partition coefficient (Wildman–Crippen LogP) is 5.11. The van der Waals surface area contributed by atoms with Crippen LogP contribution in [0, 0.1) is 35.5 Å². The lowest BCUT2D eigenvalue weighted by molar-refractivity contribution is -0.224. The molecule has 2 fully saturated rings. The third kappa shape index (κ3) is 4.95. The minimum Gasteiger partial charge on any atom is -0.375 e. The lowest BCUT2D eigenvalue weighted by Gasteiger charge is -2.42. The van der Waals surface area contributed by atoms with E-state index in [-0.39, 0.29) is 12.0 Å². The van der Waals surface area contributed by atoms with Gasteiger partial charge in [0.2, 0.25) is 0 Å². The molecule has 5 unspecified atom stereocenters. The largest absolute Gasteiger partial charge is 0.375 e. The average molecular weight is 343 g/mol. The molecule has 3 nitrogen and oxygen atoms in total. The Hall–Kier alpha value is -0.120. The highest BCUT2D eigenvalue weighted by atomic mass is 16.6. The Morgan fingerprint density at radius 3 is 1.46 bits per heavy atom. The van der Waals surface area contributed by atoms with Crippen molar-refractivity contribution in [3.05, 3.63) is 0 Å². The molecule has 0 aromatic heterocycles. The summed E-state index contributed by atoms with van der Waals surface area (Å²) in [6.07, 6.45) is 2.78. The zero-order chi connectivity index (χ0) is 18.6. The Bertz CT molecular complexity index is 315. The first-order valence-electron chi connectivity index (χ1n) is 10.1. The van der Waals surface area contributed by atoms with Gasteiger partial charge in [-0.25, -0.2) is 0 Å². The summed E-state index contributed by atoms with van der Waals surface area (Å²) in [4.78, 5) is 0. The van der Waals surface area contributed by atoms with Crippen LogP contribution in [-0.4, -0.2) is 29.7 Å². The van der Waals surface area contributed by atoms with E-state index in [1.807, 2.05) is 0 Å². The second-order valence-electron chi connectivity index (χ2n) is 8.42. The van der Waals surface area contributed by atoms with Crippen molar-refractivity contribution in [3.63, 3.8) is 0 Å². The maximum atomic E-state index is 9.55. The van der Waals surface area contributed by atoms with Crippen molar-refractivity contribution in [3.8, 4) is 0 Å². The van der Waals surface area contributed by atoms with Crippen molar-refractivity contribution >= 4 is 0 Å². The Morgan fingerprint density at radius 1 is 0.583 bits per heavy atom. The van der Waals surface area contributed by atoms with Gasteiger partial charge >= 0.3 is 0 Å².